The minimum Gasteiger partial charge on any atom is -0.497 e. The van der Waals surface area contributed by atoms with Crippen LogP contribution in [0.4, 0.5) is 0 Å². The quantitative estimate of drug-likeness (QED) is 0.128. The van der Waals surface area contributed by atoms with E-state index in [-0.39, 0.29) is 23.9 Å². The van der Waals surface area contributed by atoms with Crippen molar-refractivity contribution >= 4 is 17.8 Å². The molecule has 43 heavy (non-hydrogen) atoms. The highest BCUT2D eigenvalue weighted by molar-refractivity contribution is 6.15. The van der Waals surface area contributed by atoms with Crippen LogP contribution in [-0.2, 0) is 11.2 Å². The maximum Gasteiger partial charge on any atom is 0.312 e. The van der Waals surface area contributed by atoms with Crippen LogP contribution in [0.15, 0.2) is 84.6 Å². The number of rotatable bonds is 9. The van der Waals surface area contributed by atoms with Crippen LogP contribution in [0.1, 0.15) is 45.0 Å². The van der Waals surface area contributed by atoms with Crippen LogP contribution >= 0.6 is 0 Å². The molecule has 0 saturated heterocycles. The van der Waals surface area contributed by atoms with Crippen LogP contribution < -0.4 is 28.4 Å². The first kappa shape index (κ1) is 27.9. The third-order valence-corrected chi connectivity index (χ3v) is 7.60. The van der Waals surface area contributed by atoms with Crippen molar-refractivity contribution in [3.05, 3.63) is 112 Å². The summed E-state index contributed by atoms with van der Waals surface area (Å²) in [4.78, 5) is 26.3. The standard InChI is InChI=1S/C35H30O8/c1-38-23-13-11-21(12-14-23)17-18-41-27-9-5-4-8-24(27)26-20-31(36)42-28-16-15-25-33(37)30(43-35(25)32(26)28)19-22-7-6-10-29(39-2)34(22)40-3/h4-16,19,26H,17-18,20H2,1-3H3/b30-19-. The van der Waals surface area contributed by atoms with Crippen LogP contribution in [-0.4, -0.2) is 39.7 Å². The zero-order valence-corrected chi connectivity index (χ0v) is 24.0. The predicted octanol–water partition coefficient (Wildman–Crippen LogP) is 6.39. The molecule has 0 fully saturated rings. The van der Waals surface area contributed by atoms with Gasteiger partial charge in [0.1, 0.15) is 23.0 Å². The molecule has 8 heteroatoms. The number of methoxy groups -OCH3 is 3. The van der Waals surface area contributed by atoms with Gasteiger partial charge < -0.3 is 28.4 Å². The van der Waals surface area contributed by atoms with Gasteiger partial charge in [0.2, 0.25) is 5.78 Å². The number of para-hydroxylation sites is 2. The number of Topliss-reactive ketones (excluding diaryl/α,β-unsaturated/α-hetero) is 1. The number of carbonyl (C=O) groups is 2. The summed E-state index contributed by atoms with van der Waals surface area (Å²) in [7, 11) is 4.73. The van der Waals surface area contributed by atoms with Crippen molar-refractivity contribution in [2.24, 2.45) is 0 Å². The normalized spacial score (nSPS) is 16.2. The van der Waals surface area contributed by atoms with Gasteiger partial charge >= 0.3 is 5.97 Å². The second-order valence-electron chi connectivity index (χ2n) is 10.1. The molecule has 0 saturated carbocycles. The summed E-state index contributed by atoms with van der Waals surface area (Å²) < 4.78 is 34.3. The zero-order chi connectivity index (χ0) is 29.9. The van der Waals surface area contributed by atoms with Crippen molar-refractivity contribution in [3.63, 3.8) is 0 Å². The van der Waals surface area contributed by atoms with Crippen molar-refractivity contribution < 1.29 is 38.0 Å². The number of ketones is 1. The maximum absolute atomic E-state index is 13.5. The van der Waals surface area contributed by atoms with Gasteiger partial charge in [-0.25, -0.2) is 0 Å². The zero-order valence-electron chi connectivity index (χ0n) is 24.0. The third kappa shape index (κ3) is 5.39. The van der Waals surface area contributed by atoms with E-state index in [1.54, 1.807) is 38.5 Å². The highest BCUT2D eigenvalue weighted by Crippen LogP contribution is 2.50. The summed E-state index contributed by atoms with van der Waals surface area (Å²) in [5.74, 6) is 2.26. The maximum atomic E-state index is 13.5. The van der Waals surface area contributed by atoms with E-state index in [0.717, 1.165) is 16.9 Å². The van der Waals surface area contributed by atoms with Gasteiger partial charge in [-0.1, -0.05) is 42.5 Å². The van der Waals surface area contributed by atoms with Gasteiger partial charge in [-0.3, -0.25) is 9.59 Å². The van der Waals surface area contributed by atoms with Gasteiger partial charge in [-0.15, -0.1) is 0 Å². The largest absolute Gasteiger partial charge is 0.497 e. The highest BCUT2D eigenvalue weighted by Gasteiger charge is 2.39. The summed E-state index contributed by atoms with van der Waals surface area (Å²) in [5.41, 5.74) is 3.59. The molecule has 0 spiro atoms. The predicted molar refractivity (Wildman–Crippen MR) is 160 cm³/mol. The van der Waals surface area contributed by atoms with Gasteiger partial charge in [-0.2, -0.15) is 0 Å². The first-order chi connectivity index (χ1) is 21.0. The third-order valence-electron chi connectivity index (χ3n) is 7.60. The number of hydrogen-bond donors (Lipinski definition) is 0. The molecule has 0 radical (unpaired) electrons. The Morgan fingerprint density at radius 3 is 2.37 bits per heavy atom. The summed E-state index contributed by atoms with van der Waals surface area (Å²) in [6.45, 7) is 0.435. The van der Waals surface area contributed by atoms with Crippen molar-refractivity contribution in [2.45, 2.75) is 18.8 Å². The van der Waals surface area contributed by atoms with Crippen LogP contribution in [0.5, 0.6) is 34.5 Å². The average Bonchev–Trinajstić information content (AvgIpc) is 3.35. The van der Waals surface area contributed by atoms with Crippen molar-refractivity contribution in [1.82, 2.24) is 0 Å². The molecule has 2 aliphatic rings. The van der Waals surface area contributed by atoms with Gasteiger partial charge in [0.05, 0.1) is 39.9 Å². The topological polar surface area (TPSA) is 89.5 Å². The lowest BCUT2D eigenvalue weighted by atomic mass is 9.84. The lowest BCUT2D eigenvalue weighted by Crippen LogP contribution is -2.22. The van der Waals surface area contributed by atoms with Gasteiger partial charge in [0.25, 0.3) is 0 Å². The fourth-order valence-corrected chi connectivity index (χ4v) is 5.51. The molecule has 0 aliphatic carbocycles. The second-order valence-corrected chi connectivity index (χ2v) is 10.1. The summed E-state index contributed by atoms with van der Waals surface area (Å²) >= 11 is 0. The lowest BCUT2D eigenvalue weighted by Gasteiger charge is -2.27. The molecule has 0 aromatic heterocycles. The van der Waals surface area contributed by atoms with E-state index in [1.807, 2.05) is 60.7 Å². The van der Waals surface area contributed by atoms with E-state index in [0.29, 0.717) is 58.5 Å². The molecule has 4 aromatic carbocycles. The number of allylic oxidation sites excluding steroid dienone is 1. The van der Waals surface area contributed by atoms with Crippen molar-refractivity contribution in [2.75, 3.05) is 27.9 Å². The molecule has 0 N–H and O–H groups in total. The van der Waals surface area contributed by atoms with E-state index >= 15 is 0 Å². The highest BCUT2D eigenvalue weighted by atomic mass is 16.5. The molecule has 2 aliphatic heterocycles. The van der Waals surface area contributed by atoms with Gasteiger partial charge in [0, 0.05) is 29.0 Å². The summed E-state index contributed by atoms with van der Waals surface area (Å²) in [6.07, 6.45) is 2.40. The van der Waals surface area contributed by atoms with E-state index in [4.69, 9.17) is 28.4 Å². The Labute approximate surface area is 249 Å². The average molecular weight is 579 g/mol. The molecule has 4 aromatic rings. The van der Waals surface area contributed by atoms with Crippen LogP contribution in [0.3, 0.4) is 0 Å². The minimum absolute atomic E-state index is 0.0720. The molecule has 6 rings (SSSR count). The number of ether oxygens (including phenoxy) is 6. The smallest absolute Gasteiger partial charge is 0.312 e. The molecule has 0 bridgehead atoms. The van der Waals surface area contributed by atoms with Crippen molar-refractivity contribution in [3.8, 4) is 34.5 Å². The molecule has 0 amide bonds. The number of benzene rings is 4. The Morgan fingerprint density at radius 1 is 0.814 bits per heavy atom. The number of carbonyl (C=O) groups excluding carboxylic acids is 2. The van der Waals surface area contributed by atoms with E-state index in [1.165, 1.54) is 7.11 Å². The van der Waals surface area contributed by atoms with E-state index in [2.05, 4.69) is 0 Å². The Bertz CT molecular complexity index is 1720. The Morgan fingerprint density at radius 2 is 1.60 bits per heavy atom. The van der Waals surface area contributed by atoms with Crippen LogP contribution in [0.25, 0.3) is 6.08 Å². The van der Waals surface area contributed by atoms with Crippen LogP contribution in [0.2, 0.25) is 0 Å². The first-order valence-corrected chi connectivity index (χ1v) is 13.9. The Balaban J connectivity index is 1.33. The minimum atomic E-state index is -0.443. The van der Waals surface area contributed by atoms with Crippen molar-refractivity contribution in [1.29, 1.82) is 0 Å². The first-order valence-electron chi connectivity index (χ1n) is 13.9. The second kappa shape index (κ2) is 11.9. The molecule has 218 valence electrons. The van der Waals surface area contributed by atoms with Gasteiger partial charge in [-0.05, 0) is 48.0 Å². The van der Waals surface area contributed by atoms with Crippen LogP contribution in [0, 0.1) is 0 Å². The molecule has 1 atom stereocenters. The number of hydrogen-bond acceptors (Lipinski definition) is 8. The summed E-state index contributed by atoms with van der Waals surface area (Å²) in [5, 5.41) is 0. The number of fused-ring (bicyclic) bond motifs is 3. The molecular weight excluding hydrogens is 548 g/mol. The van der Waals surface area contributed by atoms with E-state index < -0.39 is 5.92 Å². The Hall–Kier alpha value is -5.24. The van der Waals surface area contributed by atoms with Gasteiger partial charge in [0.15, 0.2) is 17.3 Å². The number of esters is 1. The lowest BCUT2D eigenvalue weighted by molar-refractivity contribution is -0.135. The fraction of sp³-hybridized carbons (Fsp3) is 0.200. The SMILES string of the molecule is COc1ccc(CCOc2ccccc2C2CC(=O)Oc3ccc4c(c32)O/C(=C\c2cccc(OC)c2OC)C4=O)cc1. The monoisotopic (exact) mass is 578 g/mol. The molecule has 2 heterocycles. The Kier molecular flexibility index (Phi) is 7.75. The summed E-state index contributed by atoms with van der Waals surface area (Å²) in [6, 6.07) is 24.2. The molecule has 1 unspecified atom stereocenters. The van der Waals surface area contributed by atoms with E-state index in [9.17, 15) is 9.59 Å². The molecular formula is C35H30O8. The fourth-order valence-electron chi connectivity index (χ4n) is 5.51. The molecule has 8 nitrogen and oxygen atoms in total.